The fourth-order valence-corrected chi connectivity index (χ4v) is 7.63. The van der Waals surface area contributed by atoms with Gasteiger partial charge in [-0.3, -0.25) is 4.79 Å². The third-order valence-corrected chi connectivity index (χ3v) is 7.78. The molecule has 2 unspecified atom stereocenters. The lowest BCUT2D eigenvalue weighted by molar-refractivity contribution is -0.170. The van der Waals surface area contributed by atoms with Gasteiger partial charge in [-0.2, -0.15) is 0 Å². The van der Waals surface area contributed by atoms with Crippen LogP contribution >= 0.6 is 0 Å². The SMILES string of the molecule is CN1CCC(CCNC(=O)C23CC4CC(C)(CC(C)(C4)C2)C3)CC1. The number of hydrogen-bond acceptors (Lipinski definition) is 2. The highest BCUT2D eigenvalue weighted by Crippen LogP contribution is 2.69. The number of hydrogen-bond donors (Lipinski definition) is 1. The third-order valence-electron chi connectivity index (χ3n) is 7.78. The lowest BCUT2D eigenvalue weighted by Crippen LogP contribution is -2.60. The maximum absolute atomic E-state index is 13.2. The van der Waals surface area contributed by atoms with Gasteiger partial charge in [0.2, 0.25) is 5.91 Å². The van der Waals surface area contributed by atoms with Crippen molar-refractivity contribution < 1.29 is 4.79 Å². The van der Waals surface area contributed by atoms with Crippen LogP contribution in [0, 0.1) is 28.1 Å². The van der Waals surface area contributed by atoms with Crippen LogP contribution in [0.5, 0.6) is 0 Å². The molecule has 0 aromatic heterocycles. The van der Waals surface area contributed by atoms with E-state index in [0.29, 0.717) is 16.7 Å². The van der Waals surface area contributed by atoms with E-state index < -0.39 is 0 Å². The van der Waals surface area contributed by atoms with Crippen LogP contribution in [0.1, 0.15) is 71.6 Å². The molecule has 2 atom stereocenters. The Kier molecular flexibility index (Phi) is 4.02. The molecular weight excluding hydrogens is 296 g/mol. The van der Waals surface area contributed by atoms with Crippen LogP contribution < -0.4 is 5.32 Å². The van der Waals surface area contributed by atoms with E-state index in [2.05, 4.69) is 31.1 Å². The summed E-state index contributed by atoms with van der Waals surface area (Å²) in [6.45, 7) is 8.25. The lowest BCUT2D eigenvalue weighted by atomic mass is 9.40. The zero-order chi connectivity index (χ0) is 17.0. The Balaban J connectivity index is 1.34. The fraction of sp³-hybridized carbons (Fsp3) is 0.952. The molecule has 0 aromatic rings. The highest BCUT2D eigenvalue weighted by atomic mass is 16.2. The molecule has 5 fully saturated rings. The van der Waals surface area contributed by atoms with Gasteiger partial charge < -0.3 is 10.2 Å². The summed E-state index contributed by atoms with van der Waals surface area (Å²) < 4.78 is 0. The first-order chi connectivity index (χ1) is 11.3. The van der Waals surface area contributed by atoms with Crippen LogP contribution in [-0.4, -0.2) is 37.5 Å². The molecule has 4 saturated carbocycles. The molecule has 1 heterocycles. The molecule has 0 aromatic carbocycles. The van der Waals surface area contributed by atoms with Crippen molar-refractivity contribution in [1.82, 2.24) is 10.2 Å². The fourth-order valence-electron chi connectivity index (χ4n) is 7.63. The van der Waals surface area contributed by atoms with E-state index in [1.807, 2.05) is 0 Å². The number of carbonyl (C=O) groups excluding carboxylic acids is 1. The Hall–Kier alpha value is -0.570. The summed E-state index contributed by atoms with van der Waals surface area (Å²) in [5.41, 5.74) is 0.828. The van der Waals surface area contributed by atoms with Gasteiger partial charge in [-0.05, 0) is 101 Å². The molecule has 5 rings (SSSR count). The largest absolute Gasteiger partial charge is 0.356 e. The van der Waals surface area contributed by atoms with Crippen molar-refractivity contribution in [3.8, 4) is 0 Å². The van der Waals surface area contributed by atoms with Crippen LogP contribution in [0.3, 0.4) is 0 Å². The van der Waals surface area contributed by atoms with E-state index in [0.717, 1.165) is 37.6 Å². The van der Waals surface area contributed by atoms with Crippen molar-refractivity contribution in [3.05, 3.63) is 0 Å². The molecule has 1 saturated heterocycles. The molecule has 0 spiro atoms. The van der Waals surface area contributed by atoms with Gasteiger partial charge in [0.1, 0.15) is 0 Å². The summed E-state index contributed by atoms with van der Waals surface area (Å²) in [5, 5.41) is 3.38. The smallest absolute Gasteiger partial charge is 0.226 e. The maximum Gasteiger partial charge on any atom is 0.226 e. The first-order valence-electron chi connectivity index (χ1n) is 10.3. The molecule has 3 heteroatoms. The van der Waals surface area contributed by atoms with Crippen molar-refractivity contribution >= 4 is 5.91 Å². The second-order valence-electron chi connectivity index (χ2n) is 10.7. The molecule has 5 aliphatic rings. The van der Waals surface area contributed by atoms with E-state index in [1.54, 1.807) is 0 Å². The number of nitrogens with zero attached hydrogens (tertiary/aromatic N) is 1. The minimum absolute atomic E-state index is 0.0320. The van der Waals surface area contributed by atoms with Gasteiger partial charge in [-0.15, -0.1) is 0 Å². The van der Waals surface area contributed by atoms with Gasteiger partial charge in [-0.1, -0.05) is 13.8 Å². The van der Waals surface area contributed by atoms with Gasteiger partial charge >= 0.3 is 0 Å². The number of nitrogens with one attached hydrogen (secondary N) is 1. The van der Waals surface area contributed by atoms with E-state index in [1.165, 1.54) is 51.6 Å². The van der Waals surface area contributed by atoms with Crippen LogP contribution in [0.25, 0.3) is 0 Å². The maximum atomic E-state index is 13.2. The first-order valence-corrected chi connectivity index (χ1v) is 10.3. The Morgan fingerprint density at radius 3 is 2.25 bits per heavy atom. The molecule has 3 nitrogen and oxygen atoms in total. The second-order valence-corrected chi connectivity index (χ2v) is 10.7. The highest BCUT2D eigenvalue weighted by molar-refractivity contribution is 5.83. The normalized spacial score (nSPS) is 45.5. The second kappa shape index (κ2) is 5.72. The van der Waals surface area contributed by atoms with E-state index in [9.17, 15) is 4.79 Å². The average molecular weight is 333 g/mol. The summed E-state index contributed by atoms with van der Waals surface area (Å²) in [6, 6.07) is 0. The van der Waals surface area contributed by atoms with Crippen molar-refractivity contribution in [2.24, 2.45) is 28.1 Å². The molecule has 1 amide bonds. The van der Waals surface area contributed by atoms with Crippen molar-refractivity contribution in [1.29, 1.82) is 0 Å². The number of amides is 1. The minimum atomic E-state index is -0.0320. The molecule has 0 radical (unpaired) electrons. The Labute approximate surface area is 147 Å². The zero-order valence-electron chi connectivity index (χ0n) is 16.0. The average Bonchev–Trinajstić information content (AvgIpc) is 2.45. The monoisotopic (exact) mass is 332 g/mol. The van der Waals surface area contributed by atoms with Gasteiger partial charge in [0.15, 0.2) is 0 Å². The number of carbonyl (C=O) groups is 1. The summed E-state index contributed by atoms with van der Waals surface area (Å²) in [7, 11) is 2.21. The number of rotatable bonds is 4. The Morgan fingerprint density at radius 2 is 1.67 bits per heavy atom. The Bertz CT molecular complexity index is 490. The summed E-state index contributed by atoms with van der Waals surface area (Å²) in [4.78, 5) is 15.6. The molecular formula is C21H36N2O. The standard InChI is InChI=1S/C21H36N2O/c1-19-10-17-11-20(2,13-19)15-21(12-17,14-19)18(24)22-7-4-16-5-8-23(3)9-6-16/h16-17H,4-15H2,1-3H3,(H,22,24). The van der Waals surface area contributed by atoms with Gasteiger partial charge in [0.25, 0.3) is 0 Å². The number of likely N-dealkylation sites (tertiary alicyclic amines) is 1. The van der Waals surface area contributed by atoms with E-state index in [-0.39, 0.29) is 5.41 Å². The molecule has 4 bridgehead atoms. The van der Waals surface area contributed by atoms with Crippen molar-refractivity contribution in [2.75, 3.05) is 26.7 Å². The third kappa shape index (κ3) is 3.02. The molecule has 1 aliphatic heterocycles. The summed E-state index contributed by atoms with van der Waals surface area (Å²) in [5.74, 6) is 2.01. The summed E-state index contributed by atoms with van der Waals surface area (Å²) in [6.07, 6.45) is 11.3. The van der Waals surface area contributed by atoms with Gasteiger partial charge in [0, 0.05) is 6.54 Å². The van der Waals surface area contributed by atoms with Crippen LogP contribution in [0.4, 0.5) is 0 Å². The predicted molar refractivity (Wildman–Crippen MR) is 97.7 cm³/mol. The van der Waals surface area contributed by atoms with Crippen molar-refractivity contribution in [2.45, 2.75) is 71.6 Å². The highest BCUT2D eigenvalue weighted by Gasteiger charge is 2.62. The topological polar surface area (TPSA) is 32.3 Å². The lowest BCUT2D eigenvalue weighted by Gasteiger charge is -2.64. The zero-order valence-corrected chi connectivity index (χ0v) is 16.0. The molecule has 1 N–H and O–H groups in total. The molecule has 4 aliphatic carbocycles. The molecule has 136 valence electrons. The van der Waals surface area contributed by atoms with Gasteiger partial charge in [0.05, 0.1) is 5.41 Å². The minimum Gasteiger partial charge on any atom is -0.356 e. The first kappa shape index (κ1) is 16.9. The van der Waals surface area contributed by atoms with Crippen LogP contribution in [-0.2, 0) is 4.79 Å². The van der Waals surface area contributed by atoms with Crippen LogP contribution in [0.15, 0.2) is 0 Å². The number of piperidine rings is 1. The van der Waals surface area contributed by atoms with Crippen molar-refractivity contribution in [3.63, 3.8) is 0 Å². The quantitative estimate of drug-likeness (QED) is 0.848. The summed E-state index contributed by atoms with van der Waals surface area (Å²) >= 11 is 0. The van der Waals surface area contributed by atoms with E-state index >= 15 is 0 Å². The predicted octanol–water partition coefficient (Wildman–Crippen LogP) is 3.83. The van der Waals surface area contributed by atoms with Crippen LogP contribution in [0.2, 0.25) is 0 Å². The van der Waals surface area contributed by atoms with Gasteiger partial charge in [-0.25, -0.2) is 0 Å². The molecule has 24 heavy (non-hydrogen) atoms. The van der Waals surface area contributed by atoms with E-state index in [4.69, 9.17) is 0 Å². The Morgan fingerprint density at radius 1 is 1.04 bits per heavy atom.